The van der Waals surface area contributed by atoms with Crippen LogP contribution in [0.3, 0.4) is 0 Å². The first-order valence-corrected chi connectivity index (χ1v) is 11.5. The minimum atomic E-state index is -0.221. The van der Waals surface area contributed by atoms with Crippen LogP contribution in [0.4, 0.5) is 0 Å². The number of fused-ring (bicyclic) bond motifs is 5. The summed E-state index contributed by atoms with van der Waals surface area (Å²) in [5.74, 6) is 1.82. The van der Waals surface area contributed by atoms with Crippen LogP contribution < -0.4 is 5.32 Å². The van der Waals surface area contributed by atoms with Crippen molar-refractivity contribution in [1.29, 1.82) is 0 Å². The molecule has 0 amide bonds. The number of aliphatic hydroxyl groups is 1. The molecule has 5 rings (SSSR count). The molecule has 2 N–H and O–H groups in total. The van der Waals surface area contributed by atoms with Gasteiger partial charge in [0, 0.05) is 30.2 Å². The molecule has 0 bridgehead atoms. The Kier molecular flexibility index (Phi) is 4.74. The Morgan fingerprint density at radius 1 is 1.28 bits per heavy atom. The summed E-state index contributed by atoms with van der Waals surface area (Å²) in [6, 6.07) is 0. The van der Waals surface area contributed by atoms with Crippen molar-refractivity contribution in [3.05, 3.63) is 23.8 Å². The van der Waals surface area contributed by atoms with Gasteiger partial charge in [0.1, 0.15) is 11.9 Å². The molecule has 158 valence electrons. The number of aliphatic hydroxyl groups excluding tert-OH is 1. The average molecular weight is 399 g/mol. The zero-order valence-corrected chi connectivity index (χ0v) is 17.6. The molecule has 5 heteroatoms. The van der Waals surface area contributed by atoms with Gasteiger partial charge in [0.2, 0.25) is 0 Å². The largest absolute Gasteiger partial charge is 0.395 e. The second-order valence-corrected chi connectivity index (χ2v) is 10.3. The van der Waals surface area contributed by atoms with Crippen molar-refractivity contribution in [1.82, 2.24) is 5.32 Å². The summed E-state index contributed by atoms with van der Waals surface area (Å²) in [6.45, 7) is 8.66. The Balaban J connectivity index is 1.44. The maximum atomic E-state index is 12.6. The number of ketones is 1. The molecule has 5 aliphatic rings. The van der Waals surface area contributed by atoms with Crippen molar-refractivity contribution in [2.24, 2.45) is 33.7 Å². The van der Waals surface area contributed by atoms with Crippen LogP contribution in [-0.4, -0.2) is 42.4 Å². The van der Waals surface area contributed by atoms with Crippen molar-refractivity contribution in [3.63, 3.8) is 0 Å². The lowest BCUT2D eigenvalue weighted by molar-refractivity contribution is -0.132. The fourth-order valence-corrected chi connectivity index (χ4v) is 7.35. The number of oxime groups is 1. The van der Waals surface area contributed by atoms with Crippen LogP contribution in [0.15, 0.2) is 29.0 Å². The SMILES string of the molecule is C=C1CC2C3CCC(=O)C3(C)CCC2C2(CO)CCC(=NOC3CCNC3)C=C12. The second kappa shape index (κ2) is 7.05. The highest BCUT2D eigenvalue weighted by molar-refractivity contribution is 5.97. The maximum Gasteiger partial charge on any atom is 0.141 e. The van der Waals surface area contributed by atoms with Crippen LogP contribution >= 0.6 is 0 Å². The number of carbonyl (C=O) groups excluding carboxylic acids is 1. The van der Waals surface area contributed by atoms with Crippen LogP contribution in [0.2, 0.25) is 0 Å². The van der Waals surface area contributed by atoms with Gasteiger partial charge in [-0.1, -0.05) is 24.2 Å². The van der Waals surface area contributed by atoms with Crippen molar-refractivity contribution in [2.45, 2.75) is 64.4 Å². The smallest absolute Gasteiger partial charge is 0.141 e. The third kappa shape index (κ3) is 2.88. The molecule has 0 spiro atoms. The van der Waals surface area contributed by atoms with Gasteiger partial charge in [-0.3, -0.25) is 4.79 Å². The minimum absolute atomic E-state index is 0.149. The zero-order valence-electron chi connectivity index (χ0n) is 17.6. The lowest BCUT2D eigenvalue weighted by Gasteiger charge is -2.58. The van der Waals surface area contributed by atoms with Crippen molar-refractivity contribution in [3.8, 4) is 0 Å². The molecule has 0 aromatic rings. The number of nitrogens with one attached hydrogen (secondary N) is 1. The molecule has 3 saturated carbocycles. The van der Waals surface area contributed by atoms with E-state index >= 15 is 0 Å². The summed E-state index contributed by atoms with van der Waals surface area (Å²) >= 11 is 0. The quantitative estimate of drug-likeness (QED) is 0.715. The van der Waals surface area contributed by atoms with Crippen LogP contribution in [0.5, 0.6) is 0 Å². The first-order chi connectivity index (χ1) is 14.0. The molecular formula is C24H34N2O3. The summed E-state index contributed by atoms with van der Waals surface area (Å²) in [4.78, 5) is 18.4. The van der Waals surface area contributed by atoms with E-state index in [1.807, 2.05) is 0 Å². The van der Waals surface area contributed by atoms with E-state index < -0.39 is 0 Å². The van der Waals surface area contributed by atoms with E-state index in [-0.39, 0.29) is 23.5 Å². The van der Waals surface area contributed by atoms with E-state index in [4.69, 9.17) is 4.84 Å². The van der Waals surface area contributed by atoms with E-state index in [1.54, 1.807) is 0 Å². The van der Waals surface area contributed by atoms with Crippen molar-refractivity contribution >= 4 is 11.5 Å². The summed E-state index contributed by atoms with van der Waals surface area (Å²) in [5.41, 5.74) is 2.95. The summed E-state index contributed by atoms with van der Waals surface area (Å²) in [7, 11) is 0. The Labute approximate surface area is 173 Å². The van der Waals surface area contributed by atoms with E-state index in [2.05, 4.69) is 30.1 Å². The molecule has 1 saturated heterocycles. The standard InChI is InChI=1S/C24H34N2O3/c1-15-11-18-19-3-4-22(28)23(19,2)8-6-20(18)24(14-27)9-5-16(12-21(15)24)26-29-17-7-10-25-13-17/h12,17-20,25,27H,1,3-11,13-14H2,2H3. The fraction of sp³-hybridized carbons (Fsp3) is 0.750. The Morgan fingerprint density at radius 2 is 2.14 bits per heavy atom. The molecule has 29 heavy (non-hydrogen) atoms. The van der Waals surface area contributed by atoms with Gasteiger partial charge in [0.25, 0.3) is 0 Å². The van der Waals surface area contributed by atoms with E-state index in [9.17, 15) is 9.90 Å². The van der Waals surface area contributed by atoms with E-state index in [1.165, 1.54) is 5.57 Å². The van der Waals surface area contributed by atoms with Gasteiger partial charge in [-0.2, -0.15) is 0 Å². The predicted octanol–water partition coefficient (Wildman–Crippen LogP) is 3.39. The second-order valence-electron chi connectivity index (χ2n) is 10.3. The highest BCUT2D eigenvalue weighted by Crippen LogP contribution is 2.65. The topological polar surface area (TPSA) is 70.9 Å². The number of allylic oxidation sites excluding steroid dienone is 2. The molecule has 1 heterocycles. The molecule has 4 fully saturated rings. The predicted molar refractivity (Wildman–Crippen MR) is 112 cm³/mol. The van der Waals surface area contributed by atoms with Crippen LogP contribution in [0.25, 0.3) is 0 Å². The summed E-state index contributed by atoms with van der Waals surface area (Å²) < 4.78 is 0. The number of nitrogens with zero attached hydrogens (tertiary/aromatic N) is 1. The van der Waals surface area contributed by atoms with E-state index in [0.717, 1.165) is 75.7 Å². The maximum absolute atomic E-state index is 12.6. The number of hydrogen-bond donors (Lipinski definition) is 2. The molecule has 4 aliphatic carbocycles. The Bertz CT molecular complexity index is 781. The molecule has 1 aliphatic heterocycles. The fourth-order valence-electron chi connectivity index (χ4n) is 7.35. The van der Waals surface area contributed by atoms with Gasteiger partial charge >= 0.3 is 0 Å². The normalized spacial score (nSPS) is 45.6. The van der Waals surface area contributed by atoms with Gasteiger partial charge in [-0.15, -0.1) is 0 Å². The van der Waals surface area contributed by atoms with Gasteiger partial charge in [0.15, 0.2) is 0 Å². The van der Waals surface area contributed by atoms with Crippen LogP contribution in [0.1, 0.15) is 58.3 Å². The molecule has 6 unspecified atom stereocenters. The van der Waals surface area contributed by atoms with E-state index in [0.29, 0.717) is 23.5 Å². The first-order valence-electron chi connectivity index (χ1n) is 11.5. The zero-order chi connectivity index (χ0) is 20.2. The molecular weight excluding hydrogens is 364 g/mol. The molecule has 0 aromatic heterocycles. The molecule has 5 nitrogen and oxygen atoms in total. The van der Waals surface area contributed by atoms with Crippen molar-refractivity contribution in [2.75, 3.05) is 19.7 Å². The number of carbonyl (C=O) groups is 1. The van der Waals surface area contributed by atoms with Gasteiger partial charge in [-0.05, 0) is 74.5 Å². The van der Waals surface area contributed by atoms with Gasteiger partial charge in [0.05, 0.1) is 12.3 Å². The molecule has 0 radical (unpaired) electrons. The highest BCUT2D eigenvalue weighted by atomic mass is 16.6. The summed E-state index contributed by atoms with van der Waals surface area (Å²) in [5, 5.41) is 18.4. The third-order valence-electron chi connectivity index (χ3n) is 9.01. The average Bonchev–Trinajstić information content (AvgIpc) is 3.35. The van der Waals surface area contributed by atoms with Gasteiger partial charge in [-0.25, -0.2) is 0 Å². The third-order valence-corrected chi connectivity index (χ3v) is 9.01. The Hall–Kier alpha value is -1.46. The number of Topliss-reactive ketones (excluding diaryl/α,β-unsaturated/α-hetero) is 1. The lowest BCUT2D eigenvalue weighted by atomic mass is 9.46. The lowest BCUT2D eigenvalue weighted by Crippen LogP contribution is -2.53. The van der Waals surface area contributed by atoms with Crippen LogP contribution in [-0.2, 0) is 9.63 Å². The minimum Gasteiger partial charge on any atom is -0.395 e. The monoisotopic (exact) mass is 398 g/mol. The molecule has 0 aromatic carbocycles. The summed E-state index contributed by atoms with van der Waals surface area (Å²) in [6.07, 6.45) is 9.77. The number of rotatable bonds is 3. The first kappa shape index (κ1) is 19.5. The van der Waals surface area contributed by atoms with Crippen molar-refractivity contribution < 1.29 is 14.7 Å². The molecule has 6 atom stereocenters. The Morgan fingerprint density at radius 3 is 2.90 bits per heavy atom. The van der Waals surface area contributed by atoms with Gasteiger partial charge < -0.3 is 15.3 Å². The highest BCUT2D eigenvalue weighted by Gasteiger charge is 2.60. The number of hydrogen-bond acceptors (Lipinski definition) is 5. The van der Waals surface area contributed by atoms with Crippen LogP contribution in [0, 0.1) is 28.6 Å².